The first kappa shape index (κ1) is 18.9. The topological polar surface area (TPSA) is 57.2 Å². The normalized spacial score (nSPS) is 11.9. The molecule has 3 aromatic carbocycles. The molecule has 0 aliphatic rings. The summed E-state index contributed by atoms with van der Waals surface area (Å²) in [5, 5.41) is 1.10. The number of ether oxygens (including phenoxy) is 1. The first-order valence-electron chi connectivity index (χ1n) is 8.84. The number of methoxy groups -OCH3 is 1. The number of halogens is 3. The van der Waals surface area contributed by atoms with Gasteiger partial charge in [-0.3, -0.25) is 4.79 Å². The Hall–Kier alpha value is -3.48. The number of nitrogens with zero attached hydrogens (tertiary/aromatic N) is 1. The molecule has 1 heterocycles. The van der Waals surface area contributed by atoms with Crippen molar-refractivity contribution < 1.29 is 22.7 Å². The van der Waals surface area contributed by atoms with Gasteiger partial charge in [0.15, 0.2) is 0 Å². The molecule has 0 saturated carbocycles. The molecule has 7 heteroatoms. The van der Waals surface area contributed by atoms with Crippen LogP contribution >= 0.6 is 0 Å². The Morgan fingerprint density at radius 3 is 2.38 bits per heavy atom. The van der Waals surface area contributed by atoms with E-state index in [4.69, 9.17) is 10.5 Å². The van der Waals surface area contributed by atoms with Crippen LogP contribution in [0.2, 0.25) is 0 Å². The first-order valence-corrected chi connectivity index (χ1v) is 8.84. The van der Waals surface area contributed by atoms with E-state index >= 15 is 0 Å². The Bertz CT molecular complexity index is 1220. The molecule has 1 amide bonds. The highest BCUT2D eigenvalue weighted by atomic mass is 19.4. The predicted octanol–water partition coefficient (Wildman–Crippen LogP) is 4.97. The Morgan fingerprint density at radius 1 is 1.03 bits per heavy atom. The molecule has 0 unspecified atom stereocenters. The van der Waals surface area contributed by atoms with Crippen LogP contribution in [0.4, 0.5) is 13.2 Å². The Kier molecular flexibility index (Phi) is 4.45. The second-order valence-corrected chi connectivity index (χ2v) is 6.73. The summed E-state index contributed by atoms with van der Waals surface area (Å²) in [5.74, 6) is 0.0605. The van der Waals surface area contributed by atoms with E-state index in [1.165, 1.54) is 6.07 Å². The number of carbonyl (C=O) groups is 1. The standard InChI is InChI=1S/C22H17F3N2O2/c1-29-15-8-5-13(6-9-15)12-27-18-4-2-3-17(21(26)28)20(18)16-10-7-14(11-19(16)27)22(23,24)25/h2-11H,12H2,1H3,(H2,26,28). The zero-order chi connectivity index (χ0) is 20.8. The maximum atomic E-state index is 13.3. The van der Waals surface area contributed by atoms with Gasteiger partial charge in [0.1, 0.15) is 5.75 Å². The van der Waals surface area contributed by atoms with E-state index < -0.39 is 17.6 Å². The number of primary amides is 1. The summed E-state index contributed by atoms with van der Waals surface area (Å²) < 4.78 is 46.9. The van der Waals surface area contributed by atoms with E-state index in [1.54, 1.807) is 42.0 Å². The molecule has 29 heavy (non-hydrogen) atoms. The second-order valence-electron chi connectivity index (χ2n) is 6.73. The monoisotopic (exact) mass is 398 g/mol. The molecule has 4 rings (SSSR count). The van der Waals surface area contributed by atoms with Crippen LogP contribution in [-0.4, -0.2) is 17.6 Å². The summed E-state index contributed by atoms with van der Waals surface area (Å²) in [5.41, 5.74) is 6.97. The molecule has 4 nitrogen and oxygen atoms in total. The van der Waals surface area contributed by atoms with Gasteiger partial charge in [0, 0.05) is 22.9 Å². The average molecular weight is 398 g/mol. The SMILES string of the molecule is COc1ccc(Cn2c3cc(C(F)(F)F)ccc3c3c(C(N)=O)cccc32)cc1. The number of benzene rings is 3. The van der Waals surface area contributed by atoms with Gasteiger partial charge in [0.2, 0.25) is 5.91 Å². The van der Waals surface area contributed by atoms with E-state index in [9.17, 15) is 18.0 Å². The molecule has 0 bridgehead atoms. The van der Waals surface area contributed by atoms with Gasteiger partial charge in [-0.2, -0.15) is 13.2 Å². The maximum Gasteiger partial charge on any atom is 0.416 e. The number of aromatic nitrogens is 1. The van der Waals surface area contributed by atoms with Crippen LogP contribution in [0, 0.1) is 0 Å². The lowest BCUT2D eigenvalue weighted by Gasteiger charge is -2.11. The third-order valence-corrected chi connectivity index (χ3v) is 4.98. The summed E-state index contributed by atoms with van der Waals surface area (Å²) >= 11 is 0. The number of rotatable bonds is 4. The van der Waals surface area contributed by atoms with E-state index in [0.717, 1.165) is 17.7 Å². The smallest absolute Gasteiger partial charge is 0.416 e. The van der Waals surface area contributed by atoms with Crippen molar-refractivity contribution in [3.8, 4) is 5.75 Å². The molecule has 148 valence electrons. The summed E-state index contributed by atoms with van der Waals surface area (Å²) in [6.45, 7) is 0.327. The first-order chi connectivity index (χ1) is 13.8. The van der Waals surface area contributed by atoms with Crippen molar-refractivity contribution in [2.45, 2.75) is 12.7 Å². The molecular weight excluding hydrogens is 381 g/mol. The van der Waals surface area contributed by atoms with Crippen molar-refractivity contribution >= 4 is 27.7 Å². The zero-order valence-electron chi connectivity index (χ0n) is 15.5. The van der Waals surface area contributed by atoms with Crippen LogP contribution in [0.25, 0.3) is 21.8 Å². The molecule has 2 N–H and O–H groups in total. The zero-order valence-corrected chi connectivity index (χ0v) is 15.5. The lowest BCUT2D eigenvalue weighted by Crippen LogP contribution is -2.11. The largest absolute Gasteiger partial charge is 0.497 e. The summed E-state index contributed by atoms with van der Waals surface area (Å²) in [4.78, 5) is 11.9. The van der Waals surface area contributed by atoms with E-state index in [0.29, 0.717) is 34.1 Å². The van der Waals surface area contributed by atoms with Gasteiger partial charge in [0.25, 0.3) is 0 Å². The maximum absolute atomic E-state index is 13.3. The van der Waals surface area contributed by atoms with Crippen molar-refractivity contribution in [3.05, 3.63) is 77.4 Å². The second kappa shape index (κ2) is 6.84. The molecule has 0 aliphatic carbocycles. The van der Waals surface area contributed by atoms with Crippen LogP contribution < -0.4 is 10.5 Å². The molecule has 0 atom stereocenters. The van der Waals surface area contributed by atoms with E-state index in [1.807, 2.05) is 12.1 Å². The van der Waals surface area contributed by atoms with Crippen LogP contribution in [0.3, 0.4) is 0 Å². The summed E-state index contributed by atoms with van der Waals surface area (Å²) in [6, 6.07) is 15.9. The van der Waals surface area contributed by atoms with Gasteiger partial charge in [-0.25, -0.2) is 0 Å². The lowest BCUT2D eigenvalue weighted by molar-refractivity contribution is -0.137. The highest BCUT2D eigenvalue weighted by Gasteiger charge is 2.31. The fraction of sp³-hybridized carbons (Fsp3) is 0.136. The van der Waals surface area contributed by atoms with Gasteiger partial charge in [-0.05, 0) is 42.0 Å². The highest BCUT2D eigenvalue weighted by molar-refractivity contribution is 6.18. The number of fused-ring (bicyclic) bond motifs is 3. The molecule has 1 aromatic heterocycles. The highest BCUT2D eigenvalue weighted by Crippen LogP contribution is 2.37. The summed E-state index contributed by atoms with van der Waals surface area (Å²) in [7, 11) is 1.56. The molecule has 0 saturated heterocycles. The minimum atomic E-state index is -4.47. The van der Waals surface area contributed by atoms with Gasteiger partial charge in [-0.15, -0.1) is 0 Å². The van der Waals surface area contributed by atoms with Crippen LogP contribution in [0.5, 0.6) is 5.75 Å². The number of carbonyl (C=O) groups excluding carboxylic acids is 1. The molecule has 0 spiro atoms. The predicted molar refractivity (Wildman–Crippen MR) is 105 cm³/mol. The molecule has 0 aliphatic heterocycles. The fourth-order valence-electron chi connectivity index (χ4n) is 3.61. The fourth-order valence-corrected chi connectivity index (χ4v) is 3.61. The minimum Gasteiger partial charge on any atom is -0.497 e. The van der Waals surface area contributed by atoms with Crippen molar-refractivity contribution in [3.63, 3.8) is 0 Å². The molecule has 0 radical (unpaired) electrons. The third-order valence-electron chi connectivity index (χ3n) is 4.98. The summed E-state index contributed by atoms with van der Waals surface area (Å²) in [6.07, 6.45) is -4.47. The number of hydrogen-bond acceptors (Lipinski definition) is 2. The number of amides is 1. The lowest BCUT2D eigenvalue weighted by atomic mass is 10.0. The molecule has 4 aromatic rings. The van der Waals surface area contributed by atoms with Crippen LogP contribution in [-0.2, 0) is 12.7 Å². The third kappa shape index (κ3) is 3.29. The van der Waals surface area contributed by atoms with Gasteiger partial charge in [-0.1, -0.05) is 24.3 Å². The van der Waals surface area contributed by atoms with E-state index in [2.05, 4.69) is 0 Å². The van der Waals surface area contributed by atoms with Crippen LogP contribution in [0.15, 0.2) is 60.7 Å². The van der Waals surface area contributed by atoms with Gasteiger partial charge < -0.3 is 15.0 Å². The quantitative estimate of drug-likeness (QED) is 0.528. The average Bonchev–Trinajstić information content (AvgIpc) is 3.01. The van der Waals surface area contributed by atoms with Gasteiger partial charge >= 0.3 is 6.18 Å². The Morgan fingerprint density at radius 2 is 1.76 bits per heavy atom. The van der Waals surface area contributed by atoms with Crippen LogP contribution in [0.1, 0.15) is 21.5 Å². The van der Waals surface area contributed by atoms with E-state index in [-0.39, 0.29) is 5.56 Å². The Balaban J connectivity index is 2.00. The van der Waals surface area contributed by atoms with Crippen molar-refractivity contribution in [2.75, 3.05) is 7.11 Å². The number of nitrogens with two attached hydrogens (primary N) is 1. The number of alkyl halides is 3. The molecule has 0 fully saturated rings. The van der Waals surface area contributed by atoms with Crippen molar-refractivity contribution in [1.82, 2.24) is 4.57 Å². The van der Waals surface area contributed by atoms with Crippen molar-refractivity contribution in [2.24, 2.45) is 5.73 Å². The Labute approximate surface area is 164 Å². The van der Waals surface area contributed by atoms with Crippen molar-refractivity contribution in [1.29, 1.82) is 0 Å². The molecular formula is C22H17F3N2O2. The minimum absolute atomic E-state index is 0.278. The number of hydrogen-bond donors (Lipinski definition) is 1. The van der Waals surface area contributed by atoms with Gasteiger partial charge in [0.05, 0.1) is 23.7 Å².